The number of hydrogen-bond donors (Lipinski definition) is 1. The van der Waals surface area contributed by atoms with Crippen molar-refractivity contribution in [2.45, 2.75) is 25.3 Å². The van der Waals surface area contributed by atoms with Gasteiger partial charge in [0.2, 0.25) is 11.7 Å². The summed E-state index contributed by atoms with van der Waals surface area (Å²) >= 11 is 5.94. The van der Waals surface area contributed by atoms with Gasteiger partial charge in [0.1, 0.15) is 11.8 Å². The van der Waals surface area contributed by atoms with Crippen LogP contribution in [0.3, 0.4) is 0 Å². The van der Waals surface area contributed by atoms with E-state index in [1.54, 1.807) is 36.3 Å². The van der Waals surface area contributed by atoms with Crippen LogP contribution in [0.4, 0.5) is 10.5 Å². The zero-order valence-corrected chi connectivity index (χ0v) is 16.7. The standard InChI is InChI=1S/C21H21ClN4O3/c1-28-18-8-3-2-6-16(18)23-21(27)26-13-5-4-7-17(26)20-24-19(25-29-20)14-9-11-15(22)12-10-14/h2-3,6,8-12,17H,4-5,7,13H2,1H3,(H,23,27)/t17-/m0/s1. The van der Waals surface area contributed by atoms with E-state index in [-0.39, 0.29) is 12.1 Å². The van der Waals surface area contributed by atoms with Gasteiger partial charge in [-0.05, 0) is 55.7 Å². The third-order valence-electron chi connectivity index (χ3n) is 4.94. The van der Waals surface area contributed by atoms with Crippen LogP contribution in [0.5, 0.6) is 5.75 Å². The van der Waals surface area contributed by atoms with E-state index in [2.05, 4.69) is 15.5 Å². The van der Waals surface area contributed by atoms with Crippen LogP contribution in [-0.4, -0.2) is 34.7 Å². The van der Waals surface area contributed by atoms with E-state index in [1.807, 2.05) is 24.3 Å². The first-order valence-electron chi connectivity index (χ1n) is 9.46. The SMILES string of the molecule is COc1ccccc1NC(=O)N1CCCC[C@H]1c1nc(-c2ccc(Cl)cc2)no1. The highest BCUT2D eigenvalue weighted by Crippen LogP contribution is 2.32. The van der Waals surface area contributed by atoms with Gasteiger partial charge in [-0.3, -0.25) is 0 Å². The van der Waals surface area contributed by atoms with Crippen LogP contribution < -0.4 is 10.1 Å². The minimum absolute atomic E-state index is 0.217. The van der Waals surface area contributed by atoms with Crippen molar-refractivity contribution >= 4 is 23.3 Å². The number of amides is 2. The molecule has 7 nitrogen and oxygen atoms in total. The van der Waals surface area contributed by atoms with E-state index in [4.69, 9.17) is 20.9 Å². The van der Waals surface area contributed by atoms with Crippen LogP contribution in [-0.2, 0) is 0 Å². The molecule has 1 N–H and O–H groups in total. The summed E-state index contributed by atoms with van der Waals surface area (Å²) in [6, 6.07) is 14.1. The molecule has 2 heterocycles. The molecule has 1 aliphatic heterocycles. The molecular formula is C21H21ClN4O3. The fraction of sp³-hybridized carbons (Fsp3) is 0.286. The third kappa shape index (κ3) is 4.19. The molecule has 0 bridgehead atoms. The summed E-state index contributed by atoms with van der Waals surface area (Å²) in [6.07, 6.45) is 2.68. The van der Waals surface area contributed by atoms with Crippen LogP contribution in [0, 0.1) is 0 Å². The molecule has 1 saturated heterocycles. The number of rotatable bonds is 4. The van der Waals surface area contributed by atoms with Crippen molar-refractivity contribution in [2.24, 2.45) is 0 Å². The Morgan fingerprint density at radius 3 is 2.79 bits per heavy atom. The van der Waals surface area contributed by atoms with E-state index < -0.39 is 0 Å². The van der Waals surface area contributed by atoms with Crippen molar-refractivity contribution in [2.75, 3.05) is 19.0 Å². The van der Waals surface area contributed by atoms with E-state index in [1.165, 1.54) is 0 Å². The number of benzene rings is 2. The van der Waals surface area contributed by atoms with E-state index in [0.717, 1.165) is 24.8 Å². The zero-order chi connectivity index (χ0) is 20.2. The smallest absolute Gasteiger partial charge is 0.322 e. The molecule has 1 aromatic heterocycles. The summed E-state index contributed by atoms with van der Waals surface area (Å²) in [5.41, 5.74) is 1.43. The average Bonchev–Trinajstić information content (AvgIpc) is 3.25. The van der Waals surface area contributed by atoms with Crippen molar-refractivity contribution in [3.63, 3.8) is 0 Å². The molecule has 2 amide bonds. The number of halogens is 1. The number of carbonyl (C=O) groups is 1. The van der Waals surface area contributed by atoms with E-state index in [0.29, 0.717) is 34.7 Å². The lowest BCUT2D eigenvalue weighted by Crippen LogP contribution is -2.41. The Kier molecular flexibility index (Phi) is 5.67. The van der Waals surface area contributed by atoms with Gasteiger partial charge in [0.25, 0.3) is 0 Å². The van der Waals surface area contributed by atoms with Crippen LogP contribution in [0.2, 0.25) is 5.02 Å². The molecule has 1 atom stereocenters. The monoisotopic (exact) mass is 412 g/mol. The van der Waals surface area contributed by atoms with Gasteiger partial charge in [-0.1, -0.05) is 28.9 Å². The van der Waals surface area contributed by atoms with Crippen molar-refractivity contribution in [3.8, 4) is 17.1 Å². The Hall–Kier alpha value is -3.06. The lowest BCUT2D eigenvalue weighted by atomic mass is 10.0. The lowest BCUT2D eigenvalue weighted by molar-refractivity contribution is 0.142. The molecule has 4 rings (SSSR count). The molecule has 0 aliphatic carbocycles. The number of urea groups is 1. The van der Waals surface area contributed by atoms with Gasteiger partial charge in [0, 0.05) is 17.1 Å². The molecule has 150 valence electrons. The van der Waals surface area contributed by atoms with Crippen LogP contribution in [0.15, 0.2) is 53.1 Å². The summed E-state index contributed by atoms with van der Waals surface area (Å²) in [6.45, 7) is 0.615. The fourth-order valence-electron chi connectivity index (χ4n) is 3.45. The normalized spacial score (nSPS) is 16.5. The quantitative estimate of drug-likeness (QED) is 0.640. The second-order valence-electron chi connectivity index (χ2n) is 6.80. The summed E-state index contributed by atoms with van der Waals surface area (Å²) in [7, 11) is 1.57. The third-order valence-corrected chi connectivity index (χ3v) is 5.19. The second kappa shape index (κ2) is 8.53. The van der Waals surface area contributed by atoms with Crippen molar-refractivity contribution in [1.82, 2.24) is 15.0 Å². The van der Waals surface area contributed by atoms with Gasteiger partial charge in [0.05, 0.1) is 12.8 Å². The number of anilines is 1. The number of hydrogen-bond acceptors (Lipinski definition) is 5. The number of nitrogens with one attached hydrogen (secondary N) is 1. The summed E-state index contributed by atoms with van der Waals surface area (Å²) in [5, 5.41) is 7.66. The number of nitrogens with zero attached hydrogens (tertiary/aromatic N) is 3. The number of para-hydroxylation sites is 2. The number of methoxy groups -OCH3 is 1. The van der Waals surface area contributed by atoms with Crippen molar-refractivity contribution in [3.05, 3.63) is 59.4 Å². The van der Waals surface area contributed by atoms with Crippen molar-refractivity contribution in [1.29, 1.82) is 0 Å². The molecule has 0 unspecified atom stereocenters. The van der Waals surface area contributed by atoms with Gasteiger partial charge >= 0.3 is 6.03 Å². The first kappa shape index (κ1) is 19.3. The molecule has 0 spiro atoms. The van der Waals surface area contributed by atoms with Gasteiger partial charge in [-0.25, -0.2) is 4.79 Å². The maximum atomic E-state index is 13.0. The fourth-order valence-corrected chi connectivity index (χ4v) is 3.58. The highest BCUT2D eigenvalue weighted by molar-refractivity contribution is 6.30. The summed E-state index contributed by atoms with van der Waals surface area (Å²) < 4.78 is 10.8. The topological polar surface area (TPSA) is 80.5 Å². The van der Waals surface area contributed by atoms with Crippen LogP contribution >= 0.6 is 11.6 Å². The Balaban J connectivity index is 1.54. The number of carbonyl (C=O) groups excluding carboxylic acids is 1. The van der Waals surface area contributed by atoms with E-state index in [9.17, 15) is 4.79 Å². The predicted octanol–water partition coefficient (Wildman–Crippen LogP) is 5.16. The molecule has 1 aliphatic rings. The van der Waals surface area contributed by atoms with Gasteiger partial charge in [-0.15, -0.1) is 0 Å². The minimum Gasteiger partial charge on any atom is -0.495 e. The maximum Gasteiger partial charge on any atom is 0.322 e. The molecule has 2 aromatic carbocycles. The van der Waals surface area contributed by atoms with Gasteiger partial charge < -0.3 is 19.5 Å². The minimum atomic E-state index is -0.271. The summed E-state index contributed by atoms with van der Waals surface area (Å²) in [4.78, 5) is 19.3. The summed E-state index contributed by atoms with van der Waals surface area (Å²) in [5.74, 6) is 1.52. The van der Waals surface area contributed by atoms with Crippen LogP contribution in [0.1, 0.15) is 31.2 Å². The van der Waals surface area contributed by atoms with Gasteiger partial charge in [0.15, 0.2) is 0 Å². The lowest BCUT2D eigenvalue weighted by Gasteiger charge is -2.33. The van der Waals surface area contributed by atoms with E-state index >= 15 is 0 Å². The molecule has 29 heavy (non-hydrogen) atoms. The largest absolute Gasteiger partial charge is 0.495 e. The number of aromatic nitrogens is 2. The number of piperidine rings is 1. The second-order valence-corrected chi connectivity index (χ2v) is 7.23. The molecule has 0 radical (unpaired) electrons. The number of likely N-dealkylation sites (tertiary alicyclic amines) is 1. The Bertz CT molecular complexity index is 990. The molecule has 8 heteroatoms. The van der Waals surface area contributed by atoms with Crippen molar-refractivity contribution < 1.29 is 14.1 Å². The highest BCUT2D eigenvalue weighted by Gasteiger charge is 2.32. The van der Waals surface area contributed by atoms with Crippen LogP contribution in [0.25, 0.3) is 11.4 Å². The Labute approximate surface area is 173 Å². The molecule has 3 aromatic rings. The Morgan fingerprint density at radius 2 is 2.00 bits per heavy atom. The predicted molar refractivity (Wildman–Crippen MR) is 110 cm³/mol. The molecule has 0 saturated carbocycles. The first-order chi connectivity index (χ1) is 14.2. The first-order valence-corrected chi connectivity index (χ1v) is 9.83. The van der Waals surface area contributed by atoms with Gasteiger partial charge in [-0.2, -0.15) is 4.98 Å². The number of ether oxygens (including phenoxy) is 1. The average molecular weight is 413 g/mol. The highest BCUT2D eigenvalue weighted by atomic mass is 35.5. The zero-order valence-electron chi connectivity index (χ0n) is 16.0. The molecular weight excluding hydrogens is 392 g/mol. The maximum absolute atomic E-state index is 13.0. The molecule has 1 fully saturated rings. The Morgan fingerprint density at radius 1 is 1.21 bits per heavy atom.